The number of nitrogens with one attached hydrogen (secondary N) is 1. The maximum Gasteiger partial charge on any atom is 0.293 e. The third kappa shape index (κ3) is 5.73. The van der Waals surface area contributed by atoms with Crippen molar-refractivity contribution >= 4 is 32.8 Å². The zero-order valence-electron chi connectivity index (χ0n) is 18.6. The molecule has 1 saturated heterocycles. The Bertz CT molecular complexity index is 1340. The Morgan fingerprint density at radius 1 is 0.829 bits per heavy atom. The van der Waals surface area contributed by atoms with Gasteiger partial charge in [0.15, 0.2) is 0 Å². The molecule has 1 N–H and O–H groups in total. The topological polar surface area (TPSA) is 139 Å². The van der Waals surface area contributed by atoms with Crippen LogP contribution in [0.1, 0.15) is 5.56 Å². The van der Waals surface area contributed by atoms with Crippen LogP contribution < -0.4 is 9.62 Å². The molecule has 12 heteroatoms. The average molecular weight is 498 g/mol. The highest BCUT2D eigenvalue weighted by Crippen LogP contribution is 2.32. The maximum atomic E-state index is 12.8. The van der Waals surface area contributed by atoms with Crippen molar-refractivity contribution in [2.24, 2.45) is 0 Å². The van der Waals surface area contributed by atoms with Crippen molar-refractivity contribution in [1.82, 2.24) is 4.90 Å². The van der Waals surface area contributed by atoms with Crippen LogP contribution in [0.5, 0.6) is 0 Å². The van der Waals surface area contributed by atoms with Crippen LogP contribution in [0.2, 0.25) is 0 Å². The molecule has 0 bridgehead atoms. The molecule has 0 amide bonds. The number of piperazine rings is 1. The van der Waals surface area contributed by atoms with E-state index in [2.05, 4.69) is 9.62 Å². The van der Waals surface area contributed by atoms with Crippen molar-refractivity contribution < 1.29 is 18.3 Å². The normalized spacial score (nSPS) is 14.5. The van der Waals surface area contributed by atoms with Gasteiger partial charge in [-0.1, -0.05) is 30.3 Å². The predicted molar refractivity (Wildman–Crippen MR) is 131 cm³/mol. The predicted octanol–water partition coefficient (Wildman–Crippen LogP) is 3.63. The number of hydrogen-bond acceptors (Lipinski definition) is 8. The smallest absolute Gasteiger partial charge is 0.293 e. The number of nitrogens with zero attached hydrogens (tertiary/aromatic N) is 4. The summed E-state index contributed by atoms with van der Waals surface area (Å²) in [4.78, 5) is 25.6. The lowest BCUT2D eigenvalue weighted by molar-refractivity contribution is -0.385. The molecule has 0 radical (unpaired) electrons. The van der Waals surface area contributed by atoms with Gasteiger partial charge in [0.1, 0.15) is 5.69 Å². The fourth-order valence-electron chi connectivity index (χ4n) is 3.98. The third-order valence-electron chi connectivity index (χ3n) is 5.72. The number of anilines is 2. The van der Waals surface area contributed by atoms with Crippen LogP contribution in [-0.2, 0) is 16.6 Å². The quantitative estimate of drug-likeness (QED) is 0.368. The first kappa shape index (κ1) is 24.1. The van der Waals surface area contributed by atoms with E-state index in [-0.39, 0.29) is 16.3 Å². The molecule has 1 fully saturated rings. The van der Waals surface area contributed by atoms with Gasteiger partial charge in [-0.05, 0) is 29.8 Å². The van der Waals surface area contributed by atoms with Gasteiger partial charge in [-0.15, -0.1) is 0 Å². The lowest BCUT2D eigenvalue weighted by atomic mass is 10.1. The fourth-order valence-corrected chi connectivity index (χ4v) is 5.06. The highest BCUT2D eigenvalue weighted by Gasteiger charge is 2.27. The first-order valence-corrected chi connectivity index (χ1v) is 12.3. The van der Waals surface area contributed by atoms with Crippen molar-refractivity contribution in [3.63, 3.8) is 0 Å². The molecule has 11 nitrogen and oxygen atoms in total. The monoisotopic (exact) mass is 497 g/mol. The molecular weight excluding hydrogens is 474 g/mol. The maximum absolute atomic E-state index is 12.8. The Balaban J connectivity index is 1.47. The second-order valence-corrected chi connectivity index (χ2v) is 9.75. The molecule has 3 aromatic carbocycles. The van der Waals surface area contributed by atoms with E-state index in [1.165, 1.54) is 18.2 Å². The van der Waals surface area contributed by atoms with E-state index in [4.69, 9.17) is 0 Å². The largest absolute Gasteiger partial charge is 0.363 e. The van der Waals surface area contributed by atoms with Gasteiger partial charge in [-0.25, -0.2) is 8.42 Å². The van der Waals surface area contributed by atoms with E-state index in [0.717, 1.165) is 11.6 Å². The minimum absolute atomic E-state index is 0.0357. The summed E-state index contributed by atoms with van der Waals surface area (Å²) < 4.78 is 27.9. The van der Waals surface area contributed by atoms with Crippen molar-refractivity contribution in [1.29, 1.82) is 0 Å². The Morgan fingerprint density at radius 3 is 2.20 bits per heavy atom. The molecule has 35 heavy (non-hydrogen) atoms. The highest BCUT2D eigenvalue weighted by molar-refractivity contribution is 7.92. The summed E-state index contributed by atoms with van der Waals surface area (Å²) in [6.07, 6.45) is 0. The molecule has 3 aromatic rings. The average Bonchev–Trinajstić information content (AvgIpc) is 2.84. The molecule has 0 spiro atoms. The first-order valence-electron chi connectivity index (χ1n) is 10.8. The van der Waals surface area contributed by atoms with Gasteiger partial charge in [0, 0.05) is 56.6 Å². The van der Waals surface area contributed by atoms with Gasteiger partial charge in [0.2, 0.25) is 0 Å². The van der Waals surface area contributed by atoms with E-state index >= 15 is 0 Å². The minimum atomic E-state index is -4.00. The summed E-state index contributed by atoms with van der Waals surface area (Å²) in [5, 5.41) is 22.8. The zero-order valence-corrected chi connectivity index (χ0v) is 19.4. The van der Waals surface area contributed by atoms with Crippen molar-refractivity contribution in [2.45, 2.75) is 11.4 Å². The van der Waals surface area contributed by atoms with Crippen molar-refractivity contribution in [3.8, 4) is 0 Å². The van der Waals surface area contributed by atoms with Gasteiger partial charge in [0.05, 0.1) is 14.7 Å². The zero-order chi connectivity index (χ0) is 25.0. The summed E-state index contributed by atoms with van der Waals surface area (Å²) in [5.74, 6) is 0. The number of non-ortho nitro benzene ring substituents is 1. The first-order chi connectivity index (χ1) is 16.7. The minimum Gasteiger partial charge on any atom is -0.363 e. The Hall–Kier alpha value is -4.03. The van der Waals surface area contributed by atoms with Crippen LogP contribution in [0.3, 0.4) is 0 Å². The number of sulfonamides is 1. The van der Waals surface area contributed by atoms with Crippen molar-refractivity contribution in [2.75, 3.05) is 35.8 Å². The van der Waals surface area contributed by atoms with Gasteiger partial charge < -0.3 is 4.90 Å². The molecule has 4 rings (SSSR count). The molecule has 1 aliphatic heterocycles. The summed E-state index contributed by atoms with van der Waals surface area (Å²) in [7, 11) is -4.00. The van der Waals surface area contributed by atoms with Crippen LogP contribution in [0.25, 0.3) is 0 Å². The summed E-state index contributed by atoms with van der Waals surface area (Å²) in [5.41, 5.74) is 1.28. The van der Waals surface area contributed by atoms with Gasteiger partial charge in [-0.3, -0.25) is 29.9 Å². The number of hydrogen-bond donors (Lipinski definition) is 1. The van der Waals surface area contributed by atoms with E-state index in [9.17, 15) is 28.6 Å². The SMILES string of the molecule is O=[N+]([O-])c1cccc(CN2CCN(c3ccc(S(=O)(=O)Nc4ccccc4)cc3[N+](=O)[O-])CC2)c1. The van der Waals surface area contributed by atoms with Crippen LogP contribution in [0.4, 0.5) is 22.7 Å². The van der Waals surface area contributed by atoms with Gasteiger partial charge in [-0.2, -0.15) is 0 Å². The molecule has 182 valence electrons. The Labute approximate surface area is 202 Å². The second kappa shape index (κ2) is 10.1. The lowest BCUT2D eigenvalue weighted by Crippen LogP contribution is -2.46. The molecule has 0 unspecified atom stereocenters. The summed E-state index contributed by atoms with van der Waals surface area (Å²) in [6, 6.07) is 18.7. The number of nitro groups is 2. The fraction of sp³-hybridized carbons (Fsp3) is 0.217. The van der Waals surface area contributed by atoms with E-state index in [1.807, 2.05) is 11.0 Å². The van der Waals surface area contributed by atoms with E-state index in [0.29, 0.717) is 44.1 Å². The number of nitro benzene ring substituents is 2. The molecule has 1 heterocycles. The van der Waals surface area contributed by atoms with Crippen LogP contribution >= 0.6 is 0 Å². The standard InChI is InChI=1S/C23H23N5O6S/c29-27(30)20-8-4-5-18(15-20)17-25-11-13-26(14-12-25)22-10-9-21(16-23(22)28(31)32)35(33,34)24-19-6-2-1-3-7-19/h1-10,15-16,24H,11-14,17H2. The van der Waals surface area contributed by atoms with Crippen LogP contribution in [0.15, 0.2) is 77.7 Å². The lowest BCUT2D eigenvalue weighted by Gasteiger charge is -2.35. The number of benzene rings is 3. The Morgan fingerprint density at radius 2 is 1.54 bits per heavy atom. The summed E-state index contributed by atoms with van der Waals surface area (Å²) in [6.45, 7) is 2.69. The van der Waals surface area contributed by atoms with Gasteiger partial charge >= 0.3 is 0 Å². The van der Waals surface area contributed by atoms with E-state index < -0.39 is 19.9 Å². The van der Waals surface area contributed by atoms with Gasteiger partial charge in [0.25, 0.3) is 21.4 Å². The highest BCUT2D eigenvalue weighted by atomic mass is 32.2. The van der Waals surface area contributed by atoms with E-state index in [1.54, 1.807) is 42.5 Å². The Kier molecular flexibility index (Phi) is 6.94. The molecular formula is C23H23N5O6S. The summed E-state index contributed by atoms with van der Waals surface area (Å²) >= 11 is 0. The molecule has 0 atom stereocenters. The second-order valence-electron chi connectivity index (χ2n) is 8.07. The van der Waals surface area contributed by atoms with Crippen LogP contribution in [-0.4, -0.2) is 49.3 Å². The molecule has 1 aliphatic rings. The van der Waals surface area contributed by atoms with Crippen molar-refractivity contribution in [3.05, 3.63) is 98.6 Å². The van der Waals surface area contributed by atoms with Crippen LogP contribution in [0, 0.1) is 20.2 Å². The molecule has 0 aromatic heterocycles. The third-order valence-corrected chi connectivity index (χ3v) is 7.10. The molecule has 0 saturated carbocycles. The molecule has 0 aliphatic carbocycles. The number of rotatable bonds is 8. The number of para-hydroxylation sites is 1.